The molecular formula is C15H15FN2O3. The number of halogens is 1. The van der Waals surface area contributed by atoms with Gasteiger partial charge in [0.1, 0.15) is 6.61 Å². The third-order valence-electron chi connectivity index (χ3n) is 2.71. The second-order valence-electron chi connectivity index (χ2n) is 4.16. The van der Waals surface area contributed by atoms with Gasteiger partial charge in [-0.15, -0.1) is 0 Å². The van der Waals surface area contributed by atoms with Gasteiger partial charge in [-0.25, -0.2) is 9.18 Å². The smallest absolute Gasteiger partial charge is 0.330 e. The molecule has 0 aliphatic heterocycles. The number of esters is 1. The number of rotatable bonds is 6. The molecule has 5 nitrogen and oxygen atoms in total. The highest BCUT2D eigenvalue weighted by molar-refractivity contribution is 5.87. The summed E-state index contributed by atoms with van der Waals surface area (Å²) in [4.78, 5) is 11.5. The lowest BCUT2D eigenvalue weighted by atomic mass is 10.2. The van der Waals surface area contributed by atoms with Crippen LogP contribution in [-0.4, -0.2) is 29.5 Å². The molecule has 0 atom stereocenters. The first-order valence-electron chi connectivity index (χ1n) is 6.35. The Morgan fingerprint density at radius 1 is 1.48 bits per heavy atom. The fourth-order valence-corrected chi connectivity index (χ4v) is 1.67. The van der Waals surface area contributed by atoms with Crippen molar-refractivity contribution >= 4 is 12.0 Å². The normalized spacial score (nSPS) is 10.8. The summed E-state index contributed by atoms with van der Waals surface area (Å²) in [5.41, 5.74) is 0.553. The van der Waals surface area contributed by atoms with E-state index in [4.69, 9.17) is 9.47 Å². The van der Waals surface area contributed by atoms with Crippen molar-refractivity contribution < 1.29 is 18.7 Å². The molecule has 0 N–H and O–H groups in total. The van der Waals surface area contributed by atoms with Crippen molar-refractivity contribution in [2.45, 2.75) is 6.54 Å². The first-order chi connectivity index (χ1) is 10.2. The van der Waals surface area contributed by atoms with Gasteiger partial charge in [0.15, 0.2) is 11.6 Å². The van der Waals surface area contributed by atoms with Crippen molar-refractivity contribution in [1.82, 2.24) is 9.78 Å². The van der Waals surface area contributed by atoms with Crippen LogP contribution in [0.25, 0.3) is 6.08 Å². The van der Waals surface area contributed by atoms with Gasteiger partial charge in [0.25, 0.3) is 0 Å². The second-order valence-corrected chi connectivity index (χ2v) is 4.16. The molecule has 2 aromatic rings. The van der Waals surface area contributed by atoms with Crippen molar-refractivity contribution in [2.75, 3.05) is 13.7 Å². The molecular weight excluding hydrogens is 275 g/mol. The predicted octanol–water partition coefficient (Wildman–Crippen LogP) is 2.29. The van der Waals surface area contributed by atoms with Crippen molar-refractivity contribution in [2.24, 2.45) is 0 Å². The molecule has 0 radical (unpaired) electrons. The van der Waals surface area contributed by atoms with E-state index in [2.05, 4.69) is 5.10 Å². The Hall–Kier alpha value is -2.63. The Labute approximate surface area is 121 Å². The quantitative estimate of drug-likeness (QED) is 0.605. The van der Waals surface area contributed by atoms with Gasteiger partial charge in [0.05, 0.1) is 13.7 Å². The molecule has 0 aliphatic rings. The summed E-state index contributed by atoms with van der Waals surface area (Å²) in [6.07, 6.45) is 6.17. The van der Waals surface area contributed by atoms with E-state index in [1.54, 1.807) is 29.2 Å². The van der Waals surface area contributed by atoms with E-state index >= 15 is 0 Å². The van der Waals surface area contributed by atoms with E-state index in [0.717, 1.165) is 0 Å². The summed E-state index contributed by atoms with van der Waals surface area (Å²) in [6, 6.07) is 6.22. The minimum atomic E-state index is -0.488. The molecule has 1 heterocycles. The number of methoxy groups -OCH3 is 1. The molecule has 6 heteroatoms. The Bertz CT molecular complexity index is 624. The van der Waals surface area contributed by atoms with Crippen LogP contribution < -0.4 is 4.74 Å². The van der Waals surface area contributed by atoms with Crippen LogP contribution in [0.5, 0.6) is 5.75 Å². The Kier molecular flexibility index (Phi) is 5.09. The first-order valence-corrected chi connectivity index (χ1v) is 6.35. The molecule has 0 saturated heterocycles. The second kappa shape index (κ2) is 7.23. The fourth-order valence-electron chi connectivity index (χ4n) is 1.67. The number of benzene rings is 1. The van der Waals surface area contributed by atoms with Gasteiger partial charge in [-0.05, 0) is 29.8 Å². The summed E-state index contributed by atoms with van der Waals surface area (Å²) in [5, 5.41) is 3.99. The van der Waals surface area contributed by atoms with Crippen molar-refractivity contribution in [3.05, 3.63) is 54.1 Å². The van der Waals surface area contributed by atoms with Crippen LogP contribution in [0.15, 0.2) is 42.7 Å². The van der Waals surface area contributed by atoms with Crippen LogP contribution in [0.4, 0.5) is 4.39 Å². The fraction of sp³-hybridized carbons (Fsp3) is 0.200. The van der Waals surface area contributed by atoms with E-state index in [1.165, 1.54) is 31.4 Å². The van der Waals surface area contributed by atoms with Gasteiger partial charge in [0.2, 0.25) is 0 Å². The molecule has 1 aromatic carbocycles. The van der Waals surface area contributed by atoms with Crippen molar-refractivity contribution in [3.63, 3.8) is 0 Å². The zero-order chi connectivity index (χ0) is 15.1. The molecule has 1 aromatic heterocycles. The van der Waals surface area contributed by atoms with E-state index in [-0.39, 0.29) is 12.4 Å². The largest absolute Gasteiger partial charge is 0.494 e. The lowest BCUT2D eigenvalue weighted by Crippen LogP contribution is -2.09. The van der Waals surface area contributed by atoms with Crippen LogP contribution >= 0.6 is 0 Å². The minimum absolute atomic E-state index is 0.161. The van der Waals surface area contributed by atoms with E-state index in [1.807, 2.05) is 0 Å². The first kappa shape index (κ1) is 14.8. The minimum Gasteiger partial charge on any atom is -0.494 e. The Morgan fingerprint density at radius 3 is 3.00 bits per heavy atom. The number of hydrogen-bond donors (Lipinski definition) is 0. The third-order valence-corrected chi connectivity index (χ3v) is 2.71. The number of carbonyl (C=O) groups excluding carboxylic acids is 1. The van der Waals surface area contributed by atoms with Gasteiger partial charge >= 0.3 is 5.97 Å². The zero-order valence-electron chi connectivity index (χ0n) is 11.5. The predicted molar refractivity (Wildman–Crippen MR) is 75.2 cm³/mol. The molecule has 0 unspecified atom stereocenters. The maximum atomic E-state index is 13.4. The van der Waals surface area contributed by atoms with Gasteiger partial charge in [-0.1, -0.05) is 6.07 Å². The average Bonchev–Trinajstić information content (AvgIpc) is 2.98. The highest BCUT2D eigenvalue weighted by Gasteiger charge is 2.02. The number of hydrogen-bond acceptors (Lipinski definition) is 4. The van der Waals surface area contributed by atoms with E-state index < -0.39 is 11.8 Å². The van der Waals surface area contributed by atoms with Crippen LogP contribution in [-0.2, 0) is 16.1 Å². The number of ether oxygens (including phenoxy) is 2. The van der Waals surface area contributed by atoms with Gasteiger partial charge < -0.3 is 9.47 Å². The molecule has 0 fully saturated rings. The van der Waals surface area contributed by atoms with Gasteiger partial charge in [-0.2, -0.15) is 5.10 Å². The van der Waals surface area contributed by atoms with Crippen LogP contribution in [0.1, 0.15) is 5.56 Å². The van der Waals surface area contributed by atoms with E-state index in [9.17, 15) is 9.18 Å². The summed E-state index contributed by atoms with van der Waals surface area (Å²) in [5.74, 6) is -0.806. The summed E-state index contributed by atoms with van der Waals surface area (Å²) in [7, 11) is 1.39. The third kappa shape index (κ3) is 4.45. The Morgan fingerprint density at radius 2 is 2.33 bits per heavy atom. The van der Waals surface area contributed by atoms with Crippen molar-refractivity contribution in [1.29, 1.82) is 0 Å². The molecule has 2 rings (SSSR count). The molecule has 0 amide bonds. The maximum absolute atomic E-state index is 13.4. The summed E-state index contributed by atoms with van der Waals surface area (Å²) in [6.45, 7) is 0.714. The highest BCUT2D eigenvalue weighted by Crippen LogP contribution is 2.18. The lowest BCUT2D eigenvalue weighted by molar-refractivity contribution is -0.138. The molecule has 0 spiro atoms. The topological polar surface area (TPSA) is 53.4 Å². The molecule has 0 saturated carbocycles. The maximum Gasteiger partial charge on any atom is 0.330 e. The van der Waals surface area contributed by atoms with Crippen molar-refractivity contribution in [3.8, 4) is 5.75 Å². The lowest BCUT2D eigenvalue weighted by Gasteiger charge is -2.03. The number of nitrogens with zero attached hydrogens (tertiary/aromatic N) is 2. The Balaban J connectivity index is 1.82. The van der Waals surface area contributed by atoms with Crippen LogP contribution in [0, 0.1) is 5.82 Å². The molecule has 110 valence electrons. The van der Waals surface area contributed by atoms with E-state index in [0.29, 0.717) is 12.1 Å². The average molecular weight is 290 g/mol. The molecule has 0 bridgehead atoms. The standard InChI is InChI=1S/C15H15FN2O3/c1-20-14-5-3-12(11-13(14)16)4-6-15(19)21-10-9-18-8-2-7-17-18/h2-8,11H,9-10H2,1H3. The zero-order valence-corrected chi connectivity index (χ0v) is 11.5. The van der Waals surface area contributed by atoms with Gasteiger partial charge in [0, 0.05) is 18.5 Å². The monoisotopic (exact) mass is 290 g/mol. The number of carbonyl (C=O) groups is 1. The SMILES string of the molecule is COc1ccc(C=CC(=O)OCCn2cccn2)cc1F. The molecule has 21 heavy (non-hydrogen) atoms. The summed E-state index contributed by atoms with van der Waals surface area (Å²) < 4.78 is 24.9. The molecule has 0 aliphatic carbocycles. The summed E-state index contributed by atoms with van der Waals surface area (Å²) >= 11 is 0. The highest BCUT2D eigenvalue weighted by atomic mass is 19.1. The van der Waals surface area contributed by atoms with Gasteiger partial charge in [-0.3, -0.25) is 4.68 Å². The number of aromatic nitrogens is 2. The van der Waals surface area contributed by atoms with Crippen LogP contribution in [0.3, 0.4) is 0 Å². The van der Waals surface area contributed by atoms with Crippen LogP contribution in [0.2, 0.25) is 0 Å².